The van der Waals surface area contributed by atoms with Crippen molar-refractivity contribution in [2.45, 2.75) is 19.6 Å². The molecule has 1 amide bonds. The van der Waals surface area contributed by atoms with Crippen molar-refractivity contribution in [2.75, 3.05) is 26.3 Å². The number of carbonyl (C=O) groups is 1. The summed E-state index contributed by atoms with van der Waals surface area (Å²) in [6, 6.07) is 15.4. The van der Waals surface area contributed by atoms with Crippen molar-refractivity contribution in [2.24, 2.45) is 0 Å². The Morgan fingerprint density at radius 3 is 2.72 bits per heavy atom. The Balaban J connectivity index is 1.37. The molecule has 0 spiro atoms. The van der Waals surface area contributed by atoms with Crippen LogP contribution in [0.15, 0.2) is 59.5 Å². The van der Waals surface area contributed by atoms with Crippen LogP contribution in [-0.2, 0) is 29.2 Å². The molecule has 1 aliphatic heterocycles. The first kappa shape index (κ1) is 19.3. The predicted molar refractivity (Wildman–Crippen MR) is 110 cm³/mol. The Labute approximate surface area is 168 Å². The van der Waals surface area contributed by atoms with Crippen LogP contribution in [0.5, 0.6) is 0 Å². The molecule has 7 heteroatoms. The minimum Gasteiger partial charge on any atom is -0.379 e. The fourth-order valence-corrected chi connectivity index (χ4v) is 3.53. The van der Waals surface area contributed by atoms with Gasteiger partial charge < -0.3 is 10.1 Å². The number of hydrogen-bond acceptors (Lipinski definition) is 5. The first-order chi connectivity index (χ1) is 14.2. The summed E-state index contributed by atoms with van der Waals surface area (Å²) in [7, 11) is 0. The van der Waals surface area contributed by atoms with Crippen LogP contribution in [0.4, 0.5) is 0 Å². The molecular formula is C22H24N4O3. The van der Waals surface area contributed by atoms with E-state index in [9.17, 15) is 9.59 Å². The van der Waals surface area contributed by atoms with Crippen molar-refractivity contribution >= 4 is 16.8 Å². The Bertz CT molecular complexity index is 1060. The highest BCUT2D eigenvalue weighted by Gasteiger charge is 2.11. The number of rotatable bonds is 6. The van der Waals surface area contributed by atoms with Crippen molar-refractivity contribution in [3.63, 3.8) is 0 Å². The third kappa shape index (κ3) is 4.88. The molecule has 0 radical (unpaired) electrons. The molecule has 1 aromatic heterocycles. The van der Waals surface area contributed by atoms with Crippen LogP contribution in [0.2, 0.25) is 0 Å². The summed E-state index contributed by atoms with van der Waals surface area (Å²) in [6.45, 7) is 4.86. The summed E-state index contributed by atoms with van der Waals surface area (Å²) in [5, 5.41) is 7.62. The van der Waals surface area contributed by atoms with Crippen LogP contribution in [0.3, 0.4) is 0 Å². The lowest BCUT2D eigenvalue weighted by molar-refractivity contribution is -0.121. The molecule has 2 heterocycles. The van der Waals surface area contributed by atoms with Gasteiger partial charge in [0.05, 0.1) is 24.9 Å². The zero-order valence-electron chi connectivity index (χ0n) is 16.2. The molecular weight excluding hydrogens is 368 g/mol. The van der Waals surface area contributed by atoms with Crippen LogP contribution < -0.4 is 10.7 Å². The van der Waals surface area contributed by atoms with Crippen LogP contribution in [0, 0.1) is 0 Å². The number of morpholine rings is 1. The van der Waals surface area contributed by atoms with Gasteiger partial charge in [-0.2, -0.15) is 5.10 Å². The van der Waals surface area contributed by atoms with Gasteiger partial charge in [0.1, 0.15) is 6.54 Å². The summed E-state index contributed by atoms with van der Waals surface area (Å²) >= 11 is 0. The SMILES string of the molecule is O=C(Cn1ncc(=O)c2ccccc21)NCc1cccc(CN2CCOCC2)c1. The minimum absolute atomic E-state index is 0.0638. The third-order valence-corrected chi connectivity index (χ3v) is 5.05. The van der Waals surface area contributed by atoms with Gasteiger partial charge in [0.2, 0.25) is 11.3 Å². The van der Waals surface area contributed by atoms with Gasteiger partial charge in [-0.3, -0.25) is 19.2 Å². The van der Waals surface area contributed by atoms with E-state index in [0.29, 0.717) is 17.4 Å². The first-order valence-corrected chi connectivity index (χ1v) is 9.78. The number of amides is 1. The number of benzene rings is 2. The van der Waals surface area contributed by atoms with Crippen molar-refractivity contribution in [3.05, 3.63) is 76.1 Å². The zero-order valence-corrected chi connectivity index (χ0v) is 16.2. The maximum absolute atomic E-state index is 12.4. The number of aromatic nitrogens is 2. The molecule has 0 saturated carbocycles. The van der Waals surface area contributed by atoms with Crippen molar-refractivity contribution in [3.8, 4) is 0 Å². The molecule has 0 unspecified atom stereocenters. The van der Waals surface area contributed by atoms with E-state index in [1.165, 1.54) is 11.8 Å². The molecule has 7 nitrogen and oxygen atoms in total. The van der Waals surface area contributed by atoms with Gasteiger partial charge >= 0.3 is 0 Å². The smallest absolute Gasteiger partial charge is 0.242 e. The highest BCUT2D eigenvalue weighted by atomic mass is 16.5. The second kappa shape index (κ2) is 8.98. The number of fused-ring (bicyclic) bond motifs is 1. The summed E-state index contributed by atoms with van der Waals surface area (Å²) in [4.78, 5) is 26.7. The Morgan fingerprint density at radius 2 is 1.86 bits per heavy atom. The van der Waals surface area contributed by atoms with Crippen LogP contribution in [0.1, 0.15) is 11.1 Å². The van der Waals surface area contributed by atoms with Gasteiger partial charge in [0.15, 0.2) is 0 Å². The second-order valence-corrected chi connectivity index (χ2v) is 7.17. The van der Waals surface area contributed by atoms with Gasteiger partial charge in [0.25, 0.3) is 0 Å². The molecule has 0 aliphatic carbocycles. The van der Waals surface area contributed by atoms with Gasteiger partial charge in [0, 0.05) is 31.6 Å². The molecule has 29 heavy (non-hydrogen) atoms. The molecule has 1 saturated heterocycles. The Kier molecular flexibility index (Phi) is 5.97. The lowest BCUT2D eigenvalue weighted by Crippen LogP contribution is -2.35. The maximum atomic E-state index is 12.4. The summed E-state index contributed by atoms with van der Waals surface area (Å²) < 4.78 is 6.95. The summed E-state index contributed by atoms with van der Waals surface area (Å²) in [5.74, 6) is -0.148. The molecule has 1 aliphatic rings. The standard InChI is InChI=1S/C22H24N4O3/c27-21-14-24-26(20-7-2-1-6-19(20)21)16-22(28)23-13-17-4-3-5-18(12-17)15-25-8-10-29-11-9-25/h1-7,12,14H,8-11,13,15-16H2,(H,23,28). The van der Waals surface area contributed by atoms with E-state index >= 15 is 0 Å². The monoisotopic (exact) mass is 392 g/mol. The quantitative estimate of drug-likeness (QED) is 0.689. The number of nitrogens with zero attached hydrogens (tertiary/aromatic N) is 3. The Hall–Kier alpha value is -3.03. The molecule has 4 rings (SSSR count). The largest absolute Gasteiger partial charge is 0.379 e. The number of hydrogen-bond donors (Lipinski definition) is 1. The van der Waals surface area contributed by atoms with E-state index in [-0.39, 0.29) is 17.9 Å². The zero-order chi connectivity index (χ0) is 20.1. The van der Waals surface area contributed by atoms with Gasteiger partial charge in [-0.05, 0) is 23.3 Å². The van der Waals surface area contributed by atoms with Crippen molar-refractivity contribution < 1.29 is 9.53 Å². The topological polar surface area (TPSA) is 76.5 Å². The lowest BCUT2D eigenvalue weighted by atomic mass is 10.1. The van der Waals surface area contributed by atoms with Gasteiger partial charge in [-0.25, -0.2) is 0 Å². The molecule has 3 aromatic rings. The number of carbonyl (C=O) groups excluding carboxylic acids is 1. The summed E-state index contributed by atoms with van der Waals surface area (Å²) in [5.41, 5.74) is 2.80. The molecule has 1 N–H and O–H groups in total. The predicted octanol–water partition coefficient (Wildman–Crippen LogP) is 1.55. The third-order valence-electron chi connectivity index (χ3n) is 5.05. The Morgan fingerprint density at radius 1 is 1.07 bits per heavy atom. The number of para-hydroxylation sites is 1. The minimum atomic E-state index is -0.148. The second-order valence-electron chi connectivity index (χ2n) is 7.17. The van der Waals surface area contributed by atoms with Crippen LogP contribution in [0.25, 0.3) is 10.9 Å². The van der Waals surface area contributed by atoms with Crippen molar-refractivity contribution in [1.29, 1.82) is 0 Å². The average Bonchev–Trinajstić information content (AvgIpc) is 2.75. The molecule has 2 aromatic carbocycles. The molecule has 1 fully saturated rings. The normalized spacial score (nSPS) is 14.8. The van der Waals surface area contributed by atoms with E-state index in [0.717, 1.165) is 38.4 Å². The average molecular weight is 392 g/mol. The van der Waals surface area contributed by atoms with E-state index in [1.54, 1.807) is 22.9 Å². The molecule has 150 valence electrons. The van der Waals surface area contributed by atoms with Crippen LogP contribution >= 0.6 is 0 Å². The van der Waals surface area contributed by atoms with E-state index in [2.05, 4.69) is 27.4 Å². The fraction of sp³-hybridized carbons (Fsp3) is 0.318. The van der Waals surface area contributed by atoms with E-state index in [1.807, 2.05) is 18.2 Å². The first-order valence-electron chi connectivity index (χ1n) is 9.78. The molecule has 0 atom stereocenters. The molecule has 0 bridgehead atoms. The van der Waals surface area contributed by atoms with Gasteiger partial charge in [-0.15, -0.1) is 0 Å². The number of ether oxygens (including phenoxy) is 1. The van der Waals surface area contributed by atoms with Crippen LogP contribution in [-0.4, -0.2) is 46.9 Å². The highest BCUT2D eigenvalue weighted by Crippen LogP contribution is 2.11. The summed E-state index contributed by atoms with van der Waals surface area (Å²) in [6.07, 6.45) is 1.25. The van der Waals surface area contributed by atoms with E-state index in [4.69, 9.17) is 4.74 Å². The fourth-order valence-electron chi connectivity index (χ4n) is 3.53. The number of nitrogens with one attached hydrogen (secondary N) is 1. The maximum Gasteiger partial charge on any atom is 0.242 e. The lowest BCUT2D eigenvalue weighted by Gasteiger charge is -2.26. The van der Waals surface area contributed by atoms with E-state index < -0.39 is 0 Å². The van der Waals surface area contributed by atoms with Gasteiger partial charge in [-0.1, -0.05) is 36.4 Å². The highest BCUT2D eigenvalue weighted by molar-refractivity contribution is 5.81. The van der Waals surface area contributed by atoms with Crippen molar-refractivity contribution in [1.82, 2.24) is 20.0 Å².